The lowest BCUT2D eigenvalue weighted by Gasteiger charge is -2.41. The predicted octanol–water partition coefficient (Wildman–Crippen LogP) is 0.355. The fourth-order valence-corrected chi connectivity index (χ4v) is 3.33. The Bertz CT molecular complexity index is 778. The van der Waals surface area contributed by atoms with Crippen LogP contribution in [0.25, 0.3) is 0 Å². The lowest BCUT2D eigenvalue weighted by Crippen LogP contribution is -2.55. The third-order valence-corrected chi connectivity index (χ3v) is 4.59. The minimum Gasteiger partial charge on any atom is -0.386 e. The van der Waals surface area contributed by atoms with Gasteiger partial charge < -0.3 is 24.8 Å². The van der Waals surface area contributed by atoms with E-state index < -0.39 is 5.60 Å². The Morgan fingerprint density at radius 3 is 2.92 bits per heavy atom. The average Bonchev–Trinajstić information content (AvgIpc) is 3.07. The van der Waals surface area contributed by atoms with Gasteiger partial charge in [0.1, 0.15) is 23.7 Å². The van der Waals surface area contributed by atoms with Crippen molar-refractivity contribution in [1.82, 2.24) is 24.4 Å². The van der Waals surface area contributed by atoms with Gasteiger partial charge in [0.05, 0.1) is 18.5 Å². The maximum atomic E-state index is 12.5. The standard InChI is InChI=1S/C17H25N7O2/c1-18-14-7-15(20-11-19-14)24-6-4-5-17(26,10-24)9-23(3)16(25)13-8-22(2)12-21-13/h7-8,11-12,26H,4-6,9-10H2,1-3H3,(H,18,19,20)/t17-/m0/s1. The maximum absolute atomic E-state index is 12.5. The summed E-state index contributed by atoms with van der Waals surface area (Å²) in [6, 6.07) is 1.86. The lowest BCUT2D eigenvalue weighted by molar-refractivity contribution is -0.000268. The smallest absolute Gasteiger partial charge is 0.273 e. The van der Waals surface area contributed by atoms with Crippen LogP contribution in [0.3, 0.4) is 0 Å². The third kappa shape index (κ3) is 3.93. The molecule has 9 heteroatoms. The molecule has 26 heavy (non-hydrogen) atoms. The largest absolute Gasteiger partial charge is 0.386 e. The van der Waals surface area contributed by atoms with Gasteiger partial charge in [0.15, 0.2) is 0 Å². The summed E-state index contributed by atoms with van der Waals surface area (Å²) in [6.45, 7) is 1.45. The predicted molar refractivity (Wildman–Crippen MR) is 98.1 cm³/mol. The number of β-amino-alcohol motifs (C(OH)–C–C–N with tert-alkyl or cyclic N) is 1. The number of aryl methyl sites for hydroxylation is 1. The molecule has 1 amide bonds. The number of rotatable bonds is 5. The van der Waals surface area contributed by atoms with Crippen LogP contribution in [0.4, 0.5) is 11.6 Å². The normalized spacial score (nSPS) is 20.1. The molecule has 1 aliphatic heterocycles. The van der Waals surface area contributed by atoms with E-state index in [-0.39, 0.29) is 12.5 Å². The number of amides is 1. The zero-order chi connectivity index (χ0) is 18.7. The van der Waals surface area contributed by atoms with E-state index in [0.29, 0.717) is 18.7 Å². The minimum atomic E-state index is -0.998. The molecule has 9 nitrogen and oxygen atoms in total. The molecule has 2 N–H and O–H groups in total. The van der Waals surface area contributed by atoms with Crippen LogP contribution in [0.15, 0.2) is 24.9 Å². The number of carbonyl (C=O) groups is 1. The van der Waals surface area contributed by atoms with Crippen LogP contribution in [0.1, 0.15) is 23.3 Å². The van der Waals surface area contributed by atoms with Gasteiger partial charge in [-0.25, -0.2) is 15.0 Å². The molecule has 1 atom stereocenters. The van der Waals surface area contributed by atoms with E-state index in [1.165, 1.54) is 11.2 Å². The van der Waals surface area contributed by atoms with Crippen molar-refractivity contribution < 1.29 is 9.90 Å². The molecule has 3 heterocycles. The quantitative estimate of drug-likeness (QED) is 0.795. The zero-order valence-electron chi connectivity index (χ0n) is 15.4. The fraction of sp³-hybridized carbons (Fsp3) is 0.529. The Hall–Kier alpha value is -2.68. The van der Waals surface area contributed by atoms with Gasteiger partial charge in [0, 0.05) is 46.5 Å². The molecule has 0 bridgehead atoms. The summed E-state index contributed by atoms with van der Waals surface area (Å²) in [6.07, 6.45) is 6.22. The second-order valence-corrected chi connectivity index (χ2v) is 6.85. The van der Waals surface area contributed by atoms with Crippen molar-refractivity contribution in [3.8, 4) is 0 Å². The molecular weight excluding hydrogens is 334 g/mol. The van der Waals surface area contributed by atoms with Crippen LogP contribution in [0.2, 0.25) is 0 Å². The van der Waals surface area contributed by atoms with E-state index in [1.54, 1.807) is 31.2 Å². The van der Waals surface area contributed by atoms with Crippen molar-refractivity contribution in [3.63, 3.8) is 0 Å². The Balaban J connectivity index is 1.69. The number of piperidine rings is 1. The molecule has 2 aromatic rings. The molecule has 1 fully saturated rings. The van der Waals surface area contributed by atoms with E-state index in [4.69, 9.17) is 0 Å². The van der Waals surface area contributed by atoms with E-state index in [9.17, 15) is 9.90 Å². The molecule has 140 valence electrons. The summed E-state index contributed by atoms with van der Waals surface area (Å²) in [7, 11) is 5.31. The van der Waals surface area contributed by atoms with Gasteiger partial charge in [-0.05, 0) is 12.8 Å². The first-order chi connectivity index (χ1) is 12.4. The van der Waals surface area contributed by atoms with Crippen molar-refractivity contribution in [1.29, 1.82) is 0 Å². The van der Waals surface area contributed by atoms with Gasteiger partial charge in [-0.3, -0.25) is 4.79 Å². The van der Waals surface area contributed by atoms with E-state index in [0.717, 1.165) is 24.6 Å². The summed E-state index contributed by atoms with van der Waals surface area (Å²) in [5, 5.41) is 14.1. The number of hydrogen-bond acceptors (Lipinski definition) is 7. The first-order valence-electron chi connectivity index (χ1n) is 8.61. The fourth-order valence-electron chi connectivity index (χ4n) is 3.33. The highest BCUT2D eigenvalue weighted by atomic mass is 16.3. The van der Waals surface area contributed by atoms with Crippen LogP contribution < -0.4 is 10.2 Å². The van der Waals surface area contributed by atoms with Crippen molar-refractivity contribution in [2.75, 3.05) is 43.9 Å². The van der Waals surface area contributed by atoms with Crippen molar-refractivity contribution in [2.45, 2.75) is 18.4 Å². The van der Waals surface area contributed by atoms with Crippen LogP contribution in [-0.4, -0.2) is 74.8 Å². The van der Waals surface area contributed by atoms with Gasteiger partial charge in [-0.1, -0.05) is 0 Å². The molecule has 1 aliphatic rings. The van der Waals surface area contributed by atoms with E-state index >= 15 is 0 Å². The lowest BCUT2D eigenvalue weighted by atomic mass is 9.92. The SMILES string of the molecule is CNc1cc(N2CCC[C@](O)(CN(C)C(=O)c3cn(C)cn3)C2)ncn1. The molecule has 0 radical (unpaired) electrons. The molecule has 0 aliphatic carbocycles. The first kappa shape index (κ1) is 18.1. The number of aliphatic hydroxyl groups is 1. The van der Waals surface area contributed by atoms with E-state index in [1.807, 2.05) is 18.0 Å². The second kappa shape index (κ2) is 7.28. The van der Waals surface area contributed by atoms with Crippen LogP contribution in [0, 0.1) is 0 Å². The topological polar surface area (TPSA) is 99.4 Å². The Morgan fingerprint density at radius 1 is 1.42 bits per heavy atom. The average molecular weight is 359 g/mol. The summed E-state index contributed by atoms with van der Waals surface area (Å²) in [5.74, 6) is 1.29. The summed E-state index contributed by atoms with van der Waals surface area (Å²) in [4.78, 5) is 28.6. The number of nitrogens with one attached hydrogen (secondary N) is 1. The Kier molecular flexibility index (Phi) is 5.08. The summed E-state index contributed by atoms with van der Waals surface area (Å²) >= 11 is 0. The van der Waals surface area contributed by atoms with Crippen LogP contribution in [0.5, 0.6) is 0 Å². The maximum Gasteiger partial charge on any atom is 0.273 e. The summed E-state index contributed by atoms with van der Waals surface area (Å²) in [5.41, 5.74) is -0.622. The molecule has 0 unspecified atom stereocenters. The van der Waals surface area contributed by atoms with Gasteiger partial charge in [0.25, 0.3) is 5.91 Å². The number of aromatic nitrogens is 4. The monoisotopic (exact) mass is 359 g/mol. The number of imidazole rings is 1. The number of likely N-dealkylation sites (N-methyl/N-ethyl adjacent to an activating group) is 1. The molecule has 0 saturated carbocycles. The second-order valence-electron chi connectivity index (χ2n) is 6.85. The highest BCUT2D eigenvalue weighted by Gasteiger charge is 2.36. The number of carbonyl (C=O) groups excluding carboxylic acids is 1. The molecule has 0 spiro atoms. The molecular formula is C17H25N7O2. The minimum absolute atomic E-state index is 0.198. The van der Waals surface area contributed by atoms with Gasteiger partial charge in [-0.2, -0.15) is 0 Å². The Labute approximate surface area is 152 Å². The number of nitrogens with zero attached hydrogens (tertiary/aromatic N) is 6. The Morgan fingerprint density at radius 2 is 2.23 bits per heavy atom. The summed E-state index contributed by atoms with van der Waals surface area (Å²) < 4.78 is 1.73. The van der Waals surface area contributed by atoms with Crippen molar-refractivity contribution in [2.24, 2.45) is 7.05 Å². The molecule has 1 saturated heterocycles. The number of hydrogen-bond donors (Lipinski definition) is 2. The van der Waals surface area contributed by atoms with Gasteiger partial charge >= 0.3 is 0 Å². The molecule has 0 aromatic carbocycles. The van der Waals surface area contributed by atoms with E-state index in [2.05, 4.69) is 20.3 Å². The van der Waals surface area contributed by atoms with Crippen LogP contribution >= 0.6 is 0 Å². The molecule has 3 rings (SSSR count). The van der Waals surface area contributed by atoms with Gasteiger partial charge in [-0.15, -0.1) is 0 Å². The number of anilines is 2. The third-order valence-electron chi connectivity index (χ3n) is 4.59. The van der Waals surface area contributed by atoms with Gasteiger partial charge in [0.2, 0.25) is 0 Å². The first-order valence-corrected chi connectivity index (χ1v) is 8.61. The van der Waals surface area contributed by atoms with Crippen molar-refractivity contribution in [3.05, 3.63) is 30.6 Å². The van der Waals surface area contributed by atoms with Crippen LogP contribution in [-0.2, 0) is 7.05 Å². The zero-order valence-corrected chi connectivity index (χ0v) is 15.4. The highest BCUT2D eigenvalue weighted by Crippen LogP contribution is 2.26. The van der Waals surface area contributed by atoms with Crippen molar-refractivity contribution >= 4 is 17.5 Å². The molecule has 2 aromatic heterocycles. The highest BCUT2D eigenvalue weighted by molar-refractivity contribution is 5.91.